The minimum Gasteiger partial charge on any atom is -0.484 e. The van der Waals surface area contributed by atoms with Gasteiger partial charge in [-0.2, -0.15) is 0 Å². The van der Waals surface area contributed by atoms with Crippen LogP contribution in [0, 0.1) is 6.92 Å². The molecule has 6 heteroatoms. The predicted octanol–water partition coefficient (Wildman–Crippen LogP) is 5.01. The quantitative estimate of drug-likeness (QED) is 0.602. The van der Waals surface area contributed by atoms with E-state index in [1.807, 2.05) is 38.1 Å². The lowest BCUT2D eigenvalue weighted by atomic mass is 10.1. The van der Waals surface area contributed by atoms with Crippen molar-refractivity contribution in [3.8, 4) is 5.75 Å². The lowest BCUT2D eigenvalue weighted by molar-refractivity contribution is -0.130. The van der Waals surface area contributed by atoms with Crippen LogP contribution >= 0.6 is 11.8 Å². The fraction of sp³-hybridized carbons (Fsp3) is 0.348. The van der Waals surface area contributed by atoms with Gasteiger partial charge in [-0.15, -0.1) is 0 Å². The van der Waals surface area contributed by atoms with Crippen molar-refractivity contribution >= 4 is 34.3 Å². The molecule has 0 radical (unpaired) electrons. The maximum absolute atomic E-state index is 12.9. The Morgan fingerprint density at radius 3 is 2.59 bits per heavy atom. The second kappa shape index (κ2) is 9.74. The third kappa shape index (κ3) is 5.26. The van der Waals surface area contributed by atoms with Crippen LogP contribution in [0.4, 0.5) is 5.69 Å². The number of Topliss-reactive ketones (excluding diaryl/α,β-unsaturated/α-hetero) is 1. The summed E-state index contributed by atoms with van der Waals surface area (Å²) in [6.07, 6.45) is 1.33. The third-order valence-electron chi connectivity index (χ3n) is 4.80. The number of thioether (sulfide) groups is 1. The van der Waals surface area contributed by atoms with Gasteiger partial charge >= 0.3 is 0 Å². The highest BCUT2D eigenvalue weighted by Crippen LogP contribution is 2.29. The summed E-state index contributed by atoms with van der Waals surface area (Å²) in [6.45, 7) is 5.87. The molecule has 152 valence electrons. The van der Waals surface area contributed by atoms with Crippen molar-refractivity contribution in [2.75, 3.05) is 12.4 Å². The molecule has 0 unspecified atom stereocenters. The molecule has 1 aliphatic heterocycles. The maximum atomic E-state index is 12.9. The summed E-state index contributed by atoms with van der Waals surface area (Å²) >= 11 is 1.60. The molecule has 0 spiro atoms. The Morgan fingerprint density at radius 2 is 1.93 bits per heavy atom. The Morgan fingerprint density at radius 1 is 1.17 bits per heavy atom. The fourth-order valence-electron chi connectivity index (χ4n) is 3.13. The van der Waals surface area contributed by atoms with E-state index in [9.17, 15) is 9.59 Å². The smallest absolute Gasteiger partial charge is 0.266 e. The minimum atomic E-state index is -0.109. The highest BCUT2D eigenvalue weighted by Gasteiger charge is 2.34. The molecule has 1 atom stereocenters. The predicted molar refractivity (Wildman–Crippen MR) is 118 cm³/mol. The standard InChI is InChI=1S/C23H26N2O3S/c1-4-19-15-29-23(24-18-8-6-7-16(3)13-18)25(19)22(27)14-28-20-11-9-17(10-12-20)21(26)5-2/h6-13,19H,4-5,14-15H2,1-3H3/t19-/m0/s1. The second-order valence-corrected chi connectivity index (χ2v) is 7.95. The third-order valence-corrected chi connectivity index (χ3v) is 5.90. The lowest BCUT2D eigenvalue weighted by Gasteiger charge is -2.23. The van der Waals surface area contributed by atoms with Crippen molar-refractivity contribution in [2.45, 2.75) is 39.7 Å². The first-order chi connectivity index (χ1) is 14.0. The van der Waals surface area contributed by atoms with Crippen molar-refractivity contribution < 1.29 is 14.3 Å². The van der Waals surface area contributed by atoms with Crippen molar-refractivity contribution in [2.24, 2.45) is 4.99 Å². The van der Waals surface area contributed by atoms with Crippen LogP contribution in [0.1, 0.15) is 42.6 Å². The molecule has 0 bridgehead atoms. The largest absolute Gasteiger partial charge is 0.484 e. The van der Waals surface area contributed by atoms with Crippen LogP contribution in [-0.2, 0) is 4.79 Å². The number of ketones is 1. The van der Waals surface area contributed by atoms with Gasteiger partial charge in [-0.1, -0.05) is 37.7 Å². The van der Waals surface area contributed by atoms with E-state index in [4.69, 9.17) is 9.73 Å². The van der Waals surface area contributed by atoms with E-state index in [1.54, 1.807) is 40.9 Å². The number of amidine groups is 1. The number of amides is 1. The summed E-state index contributed by atoms with van der Waals surface area (Å²) in [5.41, 5.74) is 2.63. The molecule has 1 heterocycles. The highest BCUT2D eigenvalue weighted by atomic mass is 32.2. The lowest BCUT2D eigenvalue weighted by Crippen LogP contribution is -2.41. The molecule has 2 aromatic rings. The Bertz CT molecular complexity index is 909. The van der Waals surface area contributed by atoms with Gasteiger partial charge in [-0.3, -0.25) is 14.5 Å². The molecule has 3 rings (SSSR count). The van der Waals surface area contributed by atoms with E-state index < -0.39 is 0 Å². The SMILES string of the molecule is CCC(=O)c1ccc(OCC(=O)N2C(=Nc3cccc(C)c3)SC[C@@H]2CC)cc1. The molecule has 2 aromatic carbocycles. The van der Waals surface area contributed by atoms with Gasteiger partial charge in [0.15, 0.2) is 17.6 Å². The fourth-order valence-corrected chi connectivity index (χ4v) is 4.42. The Labute approximate surface area is 176 Å². The van der Waals surface area contributed by atoms with E-state index in [0.717, 1.165) is 28.6 Å². The first-order valence-corrected chi connectivity index (χ1v) is 10.9. The van der Waals surface area contributed by atoms with Gasteiger partial charge in [0.1, 0.15) is 5.75 Å². The van der Waals surface area contributed by atoms with Crippen LogP contribution in [0.2, 0.25) is 0 Å². The number of carbonyl (C=O) groups excluding carboxylic acids is 2. The number of carbonyl (C=O) groups is 2. The summed E-state index contributed by atoms with van der Waals surface area (Å²) in [6, 6.07) is 15.0. The van der Waals surface area contributed by atoms with E-state index in [2.05, 4.69) is 6.92 Å². The summed E-state index contributed by atoms with van der Waals surface area (Å²) in [5, 5.41) is 0.722. The minimum absolute atomic E-state index is 0.0645. The van der Waals surface area contributed by atoms with Crippen molar-refractivity contribution in [1.82, 2.24) is 4.90 Å². The van der Waals surface area contributed by atoms with Gasteiger partial charge in [0.25, 0.3) is 5.91 Å². The van der Waals surface area contributed by atoms with Gasteiger partial charge in [0.2, 0.25) is 0 Å². The molecule has 1 fully saturated rings. The summed E-state index contributed by atoms with van der Waals surface area (Å²) in [7, 11) is 0. The number of ether oxygens (including phenoxy) is 1. The zero-order valence-electron chi connectivity index (χ0n) is 17.1. The second-order valence-electron chi connectivity index (χ2n) is 6.96. The average molecular weight is 411 g/mol. The number of aryl methyl sites for hydroxylation is 1. The van der Waals surface area contributed by atoms with E-state index in [1.165, 1.54) is 0 Å². The molecular formula is C23H26N2O3S. The van der Waals surface area contributed by atoms with Gasteiger partial charge in [-0.25, -0.2) is 4.99 Å². The first-order valence-electron chi connectivity index (χ1n) is 9.88. The molecule has 0 aliphatic carbocycles. The van der Waals surface area contributed by atoms with Crippen LogP contribution in [0.3, 0.4) is 0 Å². The first kappa shape index (κ1) is 21.1. The topological polar surface area (TPSA) is 59.0 Å². The molecule has 1 aliphatic rings. The van der Waals surface area contributed by atoms with Crippen LogP contribution in [0.5, 0.6) is 5.75 Å². The zero-order chi connectivity index (χ0) is 20.8. The average Bonchev–Trinajstić information content (AvgIpc) is 3.14. The van der Waals surface area contributed by atoms with E-state index in [0.29, 0.717) is 17.7 Å². The van der Waals surface area contributed by atoms with Crippen LogP contribution < -0.4 is 4.74 Å². The van der Waals surface area contributed by atoms with Gasteiger partial charge in [0.05, 0.1) is 5.69 Å². The normalized spacial score (nSPS) is 17.6. The van der Waals surface area contributed by atoms with Crippen molar-refractivity contribution in [3.63, 3.8) is 0 Å². The number of nitrogens with zero attached hydrogens (tertiary/aromatic N) is 2. The molecule has 1 amide bonds. The van der Waals surface area contributed by atoms with Crippen LogP contribution in [0.15, 0.2) is 53.5 Å². The number of aliphatic imine (C=N–C) groups is 1. The Hall–Kier alpha value is -2.60. The molecular weight excluding hydrogens is 384 g/mol. The molecule has 0 N–H and O–H groups in total. The van der Waals surface area contributed by atoms with Gasteiger partial charge in [-0.05, 0) is 55.3 Å². The Kier molecular flexibility index (Phi) is 7.09. The van der Waals surface area contributed by atoms with Crippen LogP contribution in [0.25, 0.3) is 0 Å². The van der Waals surface area contributed by atoms with Crippen LogP contribution in [-0.4, -0.2) is 40.2 Å². The maximum Gasteiger partial charge on any atom is 0.266 e. The summed E-state index contributed by atoms with van der Waals surface area (Å²) in [4.78, 5) is 31.1. The molecule has 29 heavy (non-hydrogen) atoms. The molecule has 0 aromatic heterocycles. The van der Waals surface area contributed by atoms with E-state index in [-0.39, 0.29) is 24.3 Å². The van der Waals surface area contributed by atoms with Crippen molar-refractivity contribution in [1.29, 1.82) is 0 Å². The molecule has 5 nitrogen and oxygen atoms in total. The number of rotatable bonds is 7. The Balaban J connectivity index is 1.70. The molecule has 0 saturated carbocycles. The number of hydrogen-bond acceptors (Lipinski definition) is 5. The van der Waals surface area contributed by atoms with Gasteiger partial charge in [0, 0.05) is 23.8 Å². The van der Waals surface area contributed by atoms with Crippen molar-refractivity contribution in [3.05, 3.63) is 59.7 Å². The van der Waals surface area contributed by atoms with Gasteiger partial charge < -0.3 is 4.74 Å². The summed E-state index contributed by atoms with van der Waals surface area (Å²) < 4.78 is 5.69. The molecule has 1 saturated heterocycles. The highest BCUT2D eigenvalue weighted by molar-refractivity contribution is 8.14. The zero-order valence-corrected chi connectivity index (χ0v) is 17.9. The summed E-state index contributed by atoms with van der Waals surface area (Å²) in [5.74, 6) is 1.38. The number of benzene rings is 2. The monoisotopic (exact) mass is 410 g/mol. The number of hydrogen-bond donors (Lipinski definition) is 0. The van der Waals surface area contributed by atoms with E-state index >= 15 is 0 Å².